The maximum absolute atomic E-state index is 13.0. The zero-order chi connectivity index (χ0) is 21.1. The van der Waals surface area contributed by atoms with Crippen LogP contribution < -0.4 is 11.1 Å². The van der Waals surface area contributed by atoms with Gasteiger partial charge in [-0.05, 0) is 37.6 Å². The second-order valence-electron chi connectivity index (χ2n) is 7.23. The molecule has 6 nitrogen and oxygen atoms in total. The summed E-state index contributed by atoms with van der Waals surface area (Å²) < 4.78 is 2.17. The van der Waals surface area contributed by atoms with Gasteiger partial charge in [0.25, 0.3) is 5.91 Å². The molecule has 0 aliphatic heterocycles. The summed E-state index contributed by atoms with van der Waals surface area (Å²) in [7, 11) is 0. The summed E-state index contributed by atoms with van der Waals surface area (Å²) >= 11 is 0. The molecule has 0 saturated carbocycles. The fourth-order valence-corrected chi connectivity index (χ4v) is 4.03. The molecule has 0 radical (unpaired) electrons. The number of H-pyrrole nitrogens is 1. The standard InChI is InChI=1S/C24H24N4O2/c1-16(20-14-28(12-6-11-25)22-10-5-3-8-18(20)22)23(24(30)27-15-29)19-13-26-21-9-4-2-7-17(19)21/h2-5,7-10,13-15,26H,6,11-12,25H2,1H3,(H,27,29,30)/b23-16+. The van der Waals surface area contributed by atoms with Crippen LogP contribution in [0.3, 0.4) is 0 Å². The van der Waals surface area contributed by atoms with E-state index in [0.29, 0.717) is 18.5 Å². The summed E-state index contributed by atoms with van der Waals surface area (Å²) in [5, 5.41) is 4.31. The number of hydrogen-bond donors (Lipinski definition) is 3. The van der Waals surface area contributed by atoms with Gasteiger partial charge in [-0.15, -0.1) is 0 Å². The number of nitrogens with zero attached hydrogens (tertiary/aromatic N) is 1. The van der Waals surface area contributed by atoms with Crippen molar-refractivity contribution in [2.45, 2.75) is 19.9 Å². The molecule has 2 amide bonds. The van der Waals surface area contributed by atoms with Crippen molar-refractivity contribution in [2.75, 3.05) is 6.54 Å². The predicted octanol–water partition coefficient (Wildman–Crippen LogP) is 3.67. The van der Waals surface area contributed by atoms with E-state index in [-0.39, 0.29) is 0 Å². The summed E-state index contributed by atoms with van der Waals surface area (Å²) in [5.41, 5.74) is 10.7. The Kier molecular flexibility index (Phi) is 5.50. The van der Waals surface area contributed by atoms with Crippen LogP contribution in [0.4, 0.5) is 0 Å². The fourth-order valence-electron chi connectivity index (χ4n) is 4.03. The average Bonchev–Trinajstić information content (AvgIpc) is 3.35. The molecule has 152 valence electrons. The lowest BCUT2D eigenvalue weighted by atomic mass is 9.94. The Balaban J connectivity index is 1.97. The number of hydrogen-bond acceptors (Lipinski definition) is 3. The Morgan fingerprint density at radius 2 is 1.83 bits per heavy atom. The molecule has 2 aromatic heterocycles. The maximum atomic E-state index is 13.0. The van der Waals surface area contributed by atoms with Crippen molar-refractivity contribution in [3.05, 3.63) is 72.1 Å². The Hall–Kier alpha value is -3.64. The highest BCUT2D eigenvalue weighted by atomic mass is 16.2. The third-order valence-corrected chi connectivity index (χ3v) is 5.45. The van der Waals surface area contributed by atoms with Gasteiger partial charge in [0, 0.05) is 51.9 Å². The molecule has 4 N–H and O–H groups in total. The van der Waals surface area contributed by atoms with Crippen molar-refractivity contribution < 1.29 is 9.59 Å². The first-order valence-electron chi connectivity index (χ1n) is 9.96. The van der Waals surface area contributed by atoms with Crippen molar-refractivity contribution in [1.29, 1.82) is 0 Å². The van der Waals surface area contributed by atoms with Crippen LogP contribution in [0.15, 0.2) is 60.9 Å². The summed E-state index contributed by atoms with van der Waals surface area (Å²) in [5.74, 6) is -0.425. The molecule has 0 saturated heterocycles. The smallest absolute Gasteiger partial charge is 0.258 e. The van der Waals surface area contributed by atoms with E-state index in [1.165, 1.54) is 0 Å². The van der Waals surface area contributed by atoms with Crippen LogP contribution >= 0.6 is 0 Å². The highest BCUT2D eigenvalue weighted by Crippen LogP contribution is 2.35. The number of nitrogens with one attached hydrogen (secondary N) is 2. The summed E-state index contributed by atoms with van der Waals surface area (Å²) in [6, 6.07) is 15.9. The maximum Gasteiger partial charge on any atom is 0.258 e. The number of para-hydroxylation sites is 2. The lowest BCUT2D eigenvalue weighted by Gasteiger charge is -2.10. The number of imide groups is 1. The van der Waals surface area contributed by atoms with Gasteiger partial charge in [0.1, 0.15) is 0 Å². The molecular formula is C24H24N4O2. The molecule has 4 aromatic rings. The first-order chi connectivity index (χ1) is 14.7. The van der Waals surface area contributed by atoms with E-state index in [9.17, 15) is 9.59 Å². The molecule has 4 rings (SSSR count). The third-order valence-electron chi connectivity index (χ3n) is 5.45. The van der Waals surface area contributed by atoms with E-state index < -0.39 is 5.91 Å². The zero-order valence-electron chi connectivity index (χ0n) is 16.8. The van der Waals surface area contributed by atoms with Crippen LogP contribution in [0, 0.1) is 0 Å². The third kappa shape index (κ3) is 3.42. The number of rotatable bonds is 7. The Morgan fingerprint density at radius 3 is 2.60 bits per heavy atom. The van der Waals surface area contributed by atoms with Gasteiger partial charge >= 0.3 is 0 Å². The minimum Gasteiger partial charge on any atom is -0.361 e. The first-order valence-corrected chi connectivity index (χ1v) is 9.96. The van der Waals surface area contributed by atoms with Crippen molar-refractivity contribution in [2.24, 2.45) is 5.73 Å². The number of aromatic amines is 1. The largest absolute Gasteiger partial charge is 0.361 e. The summed E-state index contributed by atoms with van der Waals surface area (Å²) in [6.07, 6.45) is 5.18. The van der Waals surface area contributed by atoms with Gasteiger partial charge in [0.05, 0.1) is 5.57 Å². The molecule has 0 fully saturated rings. The van der Waals surface area contributed by atoms with Gasteiger partial charge in [-0.3, -0.25) is 14.9 Å². The number of carbonyl (C=O) groups is 2. The minimum absolute atomic E-state index is 0.425. The van der Waals surface area contributed by atoms with Crippen molar-refractivity contribution in [3.8, 4) is 0 Å². The van der Waals surface area contributed by atoms with Crippen LogP contribution in [-0.2, 0) is 16.1 Å². The molecular weight excluding hydrogens is 376 g/mol. The second kappa shape index (κ2) is 8.39. The molecule has 30 heavy (non-hydrogen) atoms. The minimum atomic E-state index is -0.425. The zero-order valence-corrected chi connectivity index (χ0v) is 16.8. The lowest BCUT2D eigenvalue weighted by Crippen LogP contribution is -2.23. The molecule has 0 spiro atoms. The van der Waals surface area contributed by atoms with E-state index in [0.717, 1.165) is 51.5 Å². The molecule has 0 atom stereocenters. The van der Waals surface area contributed by atoms with E-state index in [1.807, 2.05) is 49.5 Å². The van der Waals surface area contributed by atoms with Gasteiger partial charge in [0.2, 0.25) is 6.41 Å². The Bertz CT molecular complexity index is 1260. The topological polar surface area (TPSA) is 92.9 Å². The van der Waals surface area contributed by atoms with Crippen LogP contribution in [-0.4, -0.2) is 28.4 Å². The number of carbonyl (C=O) groups excluding carboxylic acids is 2. The first kappa shape index (κ1) is 19.7. The highest BCUT2D eigenvalue weighted by molar-refractivity contribution is 6.31. The van der Waals surface area contributed by atoms with Crippen LogP contribution in [0.5, 0.6) is 0 Å². The number of amides is 2. The monoisotopic (exact) mass is 400 g/mol. The quantitative estimate of drug-likeness (QED) is 0.326. The van der Waals surface area contributed by atoms with Gasteiger partial charge in [-0.2, -0.15) is 0 Å². The highest BCUT2D eigenvalue weighted by Gasteiger charge is 2.21. The van der Waals surface area contributed by atoms with E-state index in [4.69, 9.17) is 5.73 Å². The lowest BCUT2D eigenvalue weighted by molar-refractivity contribution is -0.121. The van der Waals surface area contributed by atoms with Crippen molar-refractivity contribution in [3.63, 3.8) is 0 Å². The van der Waals surface area contributed by atoms with Crippen LogP contribution in [0.1, 0.15) is 24.5 Å². The molecule has 0 unspecified atom stereocenters. The van der Waals surface area contributed by atoms with Gasteiger partial charge < -0.3 is 15.3 Å². The molecule has 6 heteroatoms. The number of nitrogens with two attached hydrogens (primary N) is 1. The molecule has 0 aliphatic carbocycles. The van der Waals surface area contributed by atoms with Crippen LogP contribution in [0.25, 0.3) is 33.0 Å². The van der Waals surface area contributed by atoms with Crippen molar-refractivity contribution >= 4 is 45.3 Å². The van der Waals surface area contributed by atoms with E-state index >= 15 is 0 Å². The second-order valence-corrected chi connectivity index (χ2v) is 7.23. The normalized spacial score (nSPS) is 12.2. The van der Waals surface area contributed by atoms with E-state index in [1.54, 1.807) is 0 Å². The number of aryl methyl sites for hydroxylation is 1. The number of benzene rings is 2. The number of fused-ring (bicyclic) bond motifs is 2. The number of aromatic nitrogens is 2. The molecule has 2 heterocycles. The Labute approximate surface area is 174 Å². The average molecular weight is 400 g/mol. The molecule has 2 aromatic carbocycles. The SMILES string of the molecule is C/C(=C(\C(=O)NC=O)c1c[nH]c2ccccc12)c1cn(CCCN)c2ccccc12. The predicted molar refractivity (Wildman–Crippen MR) is 121 cm³/mol. The van der Waals surface area contributed by atoms with E-state index in [2.05, 4.69) is 33.2 Å². The Morgan fingerprint density at radius 1 is 1.10 bits per heavy atom. The fraction of sp³-hybridized carbons (Fsp3) is 0.167. The number of allylic oxidation sites excluding steroid dienone is 1. The van der Waals surface area contributed by atoms with Gasteiger partial charge in [0.15, 0.2) is 0 Å². The van der Waals surface area contributed by atoms with Gasteiger partial charge in [-0.1, -0.05) is 36.4 Å². The molecule has 0 aliphatic rings. The summed E-state index contributed by atoms with van der Waals surface area (Å²) in [4.78, 5) is 27.3. The summed E-state index contributed by atoms with van der Waals surface area (Å²) in [6.45, 7) is 3.34. The van der Waals surface area contributed by atoms with Gasteiger partial charge in [-0.25, -0.2) is 0 Å². The molecule has 0 bridgehead atoms. The van der Waals surface area contributed by atoms with Crippen LogP contribution in [0.2, 0.25) is 0 Å². The van der Waals surface area contributed by atoms with Crippen molar-refractivity contribution in [1.82, 2.24) is 14.9 Å².